The molecule has 0 N–H and O–H groups in total. The highest BCUT2D eigenvalue weighted by atomic mass is 31.1. The average Bonchev–Trinajstić information content (AvgIpc) is 2.34. The monoisotopic (exact) mass is 153 g/mol. The Kier molecular flexibility index (Phi) is 3.70. The molecule has 1 aliphatic rings. The Labute approximate surface area is 66.2 Å². The molecule has 1 rings (SSSR count). The summed E-state index contributed by atoms with van der Waals surface area (Å²) in [4.78, 5) is 0. The van der Waals surface area contributed by atoms with E-state index < -0.39 is 0 Å². The fraction of sp³-hybridized carbons (Fsp3) is 0.444. The molecule has 0 amide bonds. The SMILES string of the molecule is CP(C)CC[C]1[CH][CH][CH][CH]1. The molecule has 55 valence electrons. The zero-order valence-corrected chi connectivity index (χ0v) is 7.57. The van der Waals surface area contributed by atoms with Gasteiger partial charge in [0.2, 0.25) is 0 Å². The molecule has 1 heteroatoms. The van der Waals surface area contributed by atoms with Gasteiger partial charge in [0.1, 0.15) is 0 Å². The molecule has 1 fully saturated rings. The molecule has 10 heavy (non-hydrogen) atoms. The first-order chi connectivity index (χ1) is 4.79. The lowest BCUT2D eigenvalue weighted by Gasteiger charge is -2.09. The third kappa shape index (κ3) is 3.01. The predicted molar refractivity (Wildman–Crippen MR) is 48.7 cm³/mol. The van der Waals surface area contributed by atoms with Crippen LogP contribution in [0.3, 0.4) is 0 Å². The van der Waals surface area contributed by atoms with Gasteiger partial charge in [-0.1, -0.05) is 0 Å². The fourth-order valence-electron chi connectivity index (χ4n) is 0.933. The lowest BCUT2D eigenvalue weighted by molar-refractivity contribution is 1.01. The lowest BCUT2D eigenvalue weighted by Crippen LogP contribution is -1.94. The summed E-state index contributed by atoms with van der Waals surface area (Å²) in [6.07, 6.45) is 11.3. The Balaban J connectivity index is 2.01. The highest BCUT2D eigenvalue weighted by Gasteiger charge is 2.16. The van der Waals surface area contributed by atoms with Gasteiger partial charge in [-0.05, 0) is 57.5 Å². The molecule has 0 aromatic carbocycles. The largest absolute Gasteiger partial charge is 0.113 e. The molecule has 1 aliphatic carbocycles. The third-order valence-corrected chi connectivity index (χ3v) is 2.70. The molecule has 0 aliphatic heterocycles. The minimum absolute atomic E-state index is 0.295. The van der Waals surface area contributed by atoms with Crippen LogP contribution in [0, 0.1) is 31.6 Å². The summed E-state index contributed by atoms with van der Waals surface area (Å²) in [5.41, 5.74) is 0. The van der Waals surface area contributed by atoms with Gasteiger partial charge < -0.3 is 0 Å². The Hall–Kier alpha value is 0.430. The second-order valence-electron chi connectivity index (χ2n) is 2.85. The zero-order chi connectivity index (χ0) is 7.40. The first-order valence-corrected chi connectivity index (χ1v) is 6.06. The van der Waals surface area contributed by atoms with Crippen molar-refractivity contribution in [3.63, 3.8) is 0 Å². The second-order valence-corrected chi connectivity index (χ2v) is 5.45. The Morgan fingerprint density at radius 2 is 1.80 bits per heavy atom. The summed E-state index contributed by atoms with van der Waals surface area (Å²) in [7, 11) is 0.295. The molecule has 0 aromatic heterocycles. The van der Waals surface area contributed by atoms with E-state index >= 15 is 0 Å². The first-order valence-electron chi connectivity index (χ1n) is 3.64. The first kappa shape index (κ1) is 8.53. The van der Waals surface area contributed by atoms with Crippen molar-refractivity contribution in [2.24, 2.45) is 0 Å². The van der Waals surface area contributed by atoms with Gasteiger partial charge >= 0.3 is 0 Å². The van der Waals surface area contributed by atoms with Crippen molar-refractivity contribution in [2.75, 3.05) is 19.5 Å². The van der Waals surface area contributed by atoms with E-state index in [4.69, 9.17) is 0 Å². The number of hydrogen-bond donors (Lipinski definition) is 0. The topological polar surface area (TPSA) is 0 Å². The van der Waals surface area contributed by atoms with E-state index in [2.05, 4.69) is 39.0 Å². The maximum Gasteiger partial charge on any atom is -0.0164 e. The Morgan fingerprint density at radius 3 is 2.30 bits per heavy atom. The average molecular weight is 153 g/mol. The van der Waals surface area contributed by atoms with E-state index in [0.717, 1.165) is 0 Å². The normalized spacial score (nSPS) is 20.7. The second kappa shape index (κ2) is 4.34. The summed E-state index contributed by atoms with van der Waals surface area (Å²) < 4.78 is 0. The van der Waals surface area contributed by atoms with Gasteiger partial charge in [-0.2, -0.15) is 0 Å². The maximum absolute atomic E-state index is 2.33. The molecule has 1 saturated carbocycles. The summed E-state index contributed by atoms with van der Waals surface area (Å²) in [5, 5.41) is 0. The fourth-order valence-corrected chi connectivity index (χ4v) is 1.64. The van der Waals surface area contributed by atoms with E-state index in [1.807, 2.05) is 0 Å². The predicted octanol–water partition coefficient (Wildman–Crippen LogP) is 2.52. The van der Waals surface area contributed by atoms with Crippen LogP contribution in [0.4, 0.5) is 0 Å². The van der Waals surface area contributed by atoms with Gasteiger partial charge in [-0.15, -0.1) is 7.92 Å². The quantitative estimate of drug-likeness (QED) is 0.546. The van der Waals surface area contributed by atoms with Crippen molar-refractivity contribution in [3.8, 4) is 0 Å². The molecule has 0 saturated heterocycles. The van der Waals surface area contributed by atoms with Gasteiger partial charge in [0.15, 0.2) is 0 Å². The van der Waals surface area contributed by atoms with Crippen molar-refractivity contribution in [3.05, 3.63) is 31.6 Å². The Bertz CT molecular complexity index is 82.7. The smallest absolute Gasteiger partial charge is 0.0164 e. The lowest BCUT2D eigenvalue weighted by atomic mass is 10.1. The number of hydrogen-bond acceptors (Lipinski definition) is 0. The standard InChI is InChI=1S/C9H14P/c1-10(2)8-7-9-5-3-4-6-9/h3-6H,7-8H2,1-2H3. The molecular weight excluding hydrogens is 139 g/mol. The van der Waals surface area contributed by atoms with Crippen LogP contribution < -0.4 is 0 Å². The molecule has 0 atom stereocenters. The van der Waals surface area contributed by atoms with E-state index in [-0.39, 0.29) is 0 Å². The molecule has 0 unspecified atom stereocenters. The van der Waals surface area contributed by atoms with Crippen LogP contribution in [-0.4, -0.2) is 19.5 Å². The van der Waals surface area contributed by atoms with Crippen molar-refractivity contribution >= 4 is 7.92 Å². The molecule has 5 radical (unpaired) electrons. The highest BCUT2D eigenvalue weighted by Crippen LogP contribution is 2.32. The zero-order valence-electron chi connectivity index (χ0n) is 6.67. The molecular formula is C9H14P. The molecule has 0 spiro atoms. The van der Waals surface area contributed by atoms with Gasteiger partial charge in [0, 0.05) is 0 Å². The highest BCUT2D eigenvalue weighted by molar-refractivity contribution is 7.55. The summed E-state index contributed by atoms with van der Waals surface area (Å²) in [5.74, 6) is 1.50. The van der Waals surface area contributed by atoms with Crippen molar-refractivity contribution in [1.29, 1.82) is 0 Å². The minimum Gasteiger partial charge on any atom is -0.113 e. The van der Waals surface area contributed by atoms with Crippen LogP contribution in [0.5, 0.6) is 0 Å². The van der Waals surface area contributed by atoms with E-state index in [0.29, 0.717) is 7.92 Å². The summed E-state index contributed by atoms with van der Waals surface area (Å²) in [6.45, 7) is 4.66. The molecule has 0 heterocycles. The van der Waals surface area contributed by atoms with Crippen LogP contribution in [0.15, 0.2) is 0 Å². The van der Waals surface area contributed by atoms with Crippen LogP contribution >= 0.6 is 7.92 Å². The Morgan fingerprint density at radius 1 is 1.20 bits per heavy atom. The summed E-state index contributed by atoms with van der Waals surface area (Å²) >= 11 is 0. The van der Waals surface area contributed by atoms with Crippen LogP contribution in [0.2, 0.25) is 0 Å². The van der Waals surface area contributed by atoms with E-state index in [9.17, 15) is 0 Å². The van der Waals surface area contributed by atoms with E-state index in [1.54, 1.807) is 0 Å². The molecule has 0 bridgehead atoms. The van der Waals surface area contributed by atoms with Gasteiger partial charge in [0.05, 0.1) is 0 Å². The van der Waals surface area contributed by atoms with Crippen molar-refractivity contribution < 1.29 is 0 Å². The van der Waals surface area contributed by atoms with Gasteiger partial charge in [-0.25, -0.2) is 0 Å². The van der Waals surface area contributed by atoms with Gasteiger partial charge in [-0.3, -0.25) is 0 Å². The van der Waals surface area contributed by atoms with Crippen molar-refractivity contribution in [2.45, 2.75) is 6.42 Å². The van der Waals surface area contributed by atoms with Gasteiger partial charge in [0.25, 0.3) is 0 Å². The maximum atomic E-state index is 2.33. The van der Waals surface area contributed by atoms with E-state index in [1.165, 1.54) is 18.5 Å². The van der Waals surface area contributed by atoms with Crippen molar-refractivity contribution in [1.82, 2.24) is 0 Å². The third-order valence-electron chi connectivity index (χ3n) is 1.58. The molecule has 0 aromatic rings. The van der Waals surface area contributed by atoms with Crippen LogP contribution in [0.25, 0.3) is 0 Å². The van der Waals surface area contributed by atoms with Crippen LogP contribution in [0.1, 0.15) is 6.42 Å². The number of rotatable bonds is 3. The summed E-state index contributed by atoms with van der Waals surface area (Å²) in [6, 6.07) is 0. The van der Waals surface area contributed by atoms with Crippen LogP contribution in [-0.2, 0) is 0 Å². The minimum atomic E-state index is 0.295. The molecule has 0 nitrogen and oxygen atoms in total.